The molecule has 3 N–H and O–H groups in total. The first-order valence-electron chi connectivity index (χ1n) is 30.5. The molecule has 0 spiro atoms. The number of anilines is 1. The Morgan fingerprint density at radius 1 is 0.933 bits per heavy atom. The minimum absolute atomic E-state index is 0.00560. The second-order valence-electron chi connectivity index (χ2n) is 25.6. The number of β-amino-alcohol motifs (C(OH)–C–C–N with tert-alkyl or cyclic N) is 1. The molecule has 10 rings (SSSR count). The lowest BCUT2D eigenvalue weighted by Crippen LogP contribution is -2.58. The third-order valence-electron chi connectivity index (χ3n) is 17.0. The highest BCUT2D eigenvalue weighted by Gasteiger charge is 2.47. The van der Waals surface area contributed by atoms with E-state index in [0.717, 1.165) is 53.9 Å². The van der Waals surface area contributed by atoms with E-state index in [0.29, 0.717) is 55.0 Å². The summed E-state index contributed by atoms with van der Waals surface area (Å²) in [6.45, 7) is 17.6. The molecule has 0 saturated carbocycles. The van der Waals surface area contributed by atoms with Gasteiger partial charge in [0.05, 0.1) is 57.9 Å². The van der Waals surface area contributed by atoms with Crippen LogP contribution in [-0.2, 0) is 28.6 Å². The Morgan fingerprint density at radius 3 is 2.37 bits per heavy atom. The zero-order chi connectivity index (χ0) is 63.5. The summed E-state index contributed by atoms with van der Waals surface area (Å²) in [6.07, 6.45) is 10.0. The average molecular weight is 1240 g/mol. The molecule has 20 nitrogen and oxygen atoms in total. The van der Waals surface area contributed by atoms with Crippen LogP contribution in [0.2, 0.25) is 0 Å². The number of carbonyl (C=O) groups is 4. The van der Waals surface area contributed by atoms with Crippen molar-refractivity contribution in [3.63, 3.8) is 0 Å². The highest BCUT2D eigenvalue weighted by Crippen LogP contribution is 2.41. The molecule has 6 aromatic rings. The van der Waals surface area contributed by atoms with E-state index in [2.05, 4.69) is 31.4 Å². The number of benzene rings is 3. The number of amides is 4. The van der Waals surface area contributed by atoms with Crippen LogP contribution in [0.4, 0.5) is 19.4 Å². The van der Waals surface area contributed by atoms with Gasteiger partial charge in [-0.1, -0.05) is 57.0 Å². The molecule has 4 amide bonds. The molecule has 89 heavy (non-hydrogen) atoms. The Balaban J connectivity index is 0.774. The number of rotatable bonds is 21. The topological polar surface area (TPSA) is 223 Å². The number of fused-ring (bicyclic) bond motifs is 4. The van der Waals surface area contributed by atoms with E-state index >= 15 is 8.78 Å². The molecule has 474 valence electrons. The number of aryl methyl sites for hydroxylation is 1. The number of aliphatic hydroxyl groups excluding tert-OH is 1. The Labute approximate surface area is 522 Å². The fraction of sp³-hybridized carbons (Fsp3) is 0.515. The van der Waals surface area contributed by atoms with Crippen molar-refractivity contribution in [2.45, 2.75) is 148 Å². The molecule has 7 heterocycles. The minimum Gasteiger partial charge on any atom is -0.468 e. The summed E-state index contributed by atoms with van der Waals surface area (Å²) < 4.78 is 62.3. The summed E-state index contributed by atoms with van der Waals surface area (Å²) in [5, 5.41) is 17.8. The standard InChI is InChI=1S/C66H80F2N10O10S/c1-11-48-51(67)22-19-42-28-47(87-37-84-10)30-49(54(42)48)56-55(68)57-50(31-69-56)60(76-32-43-20-21-44(33-76)78(43)64(83)88-66(7,8)9)74-63(73-57)86-35-45-14-12-24-75(45)25-13-26-85-27-23-53(80)72-59(65(4,5)6)62(82)77-34-46(79)29-52(77)61(81)71-38(2)40-15-17-41(18-16-40)58-39(3)70-36-89-58/h1,15-19,22,28,30-31,36,38,43-46,52,59,79H,12-14,20-21,23-27,29,32-35,37H2,2-10H3,(H,71,81)(H,72,80)/t38-,43?,44?,45-,46+,52-,59+/m0/s1. The summed E-state index contributed by atoms with van der Waals surface area (Å²) in [6, 6.07) is 11.1. The zero-order valence-electron chi connectivity index (χ0n) is 52.1. The lowest BCUT2D eigenvalue weighted by molar-refractivity contribution is -0.144. The van der Waals surface area contributed by atoms with Gasteiger partial charge in [-0.3, -0.25) is 29.2 Å². The van der Waals surface area contributed by atoms with E-state index in [9.17, 15) is 24.3 Å². The van der Waals surface area contributed by atoms with E-state index in [-0.39, 0.29) is 115 Å². The first-order chi connectivity index (χ1) is 42.5. The summed E-state index contributed by atoms with van der Waals surface area (Å²) in [7, 11) is 1.47. The Bertz CT molecular complexity index is 3610. The number of nitrogens with zero attached hydrogens (tertiary/aromatic N) is 8. The molecular weight excluding hydrogens is 1160 g/mol. The maximum atomic E-state index is 17.7. The number of halogens is 2. The van der Waals surface area contributed by atoms with Crippen LogP contribution in [0, 0.1) is 36.3 Å². The normalized spacial score (nSPS) is 20.2. The number of terminal acetylenes is 1. The number of piperazine rings is 1. The first kappa shape index (κ1) is 64.4. The fourth-order valence-corrected chi connectivity index (χ4v) is 13.4. The van der Waals surface area contributed by atoms with Crippen LogP contribution in [-0.4, -0.2) is 172 Å². The van der Waals surface area contributed by atoms with Gasteiger partial charge in [-0.15, -0.1) is 17.8 Å². The summed E-state index contributed by atoms with van der Waals surface area (Å²) in [4.78, 5) is 82.4. The van der Waals surface area contributed by atoms with E-state index in [4.69, 9.17) is 40.1 Å². The zero-order valence-corrected chi connectivity index (χ0v) is 52.9. The smallest absolute Gasteiger partial charge is 0.410 e. The van der Waals surface area contributed by atoms with Crippen LogP contribution in [0.15, 0.2) is 60.2 Å². The van der Waals surface area contributed by atoms with Gasteiger partial charge in [-0.2, -0.15) is 9.97 Å². The monoisotopic (exact) mass is 1240 g/mol. The predicted molar refractivity (Wildman–Crippen MR) is 334 cm³/mol. The van der Waals surface area contributed by atoms with Gasteiger partial charge < -0.3 is 49.2 Å². The Morgan fingerprint density at radius 2 is 1.69 bits per heavy atom. The van der Waals surface area contributed by atoms with Gasteiger partial charge in [-0.25, -0.2) is 18.6 Å². The molecule has 7 atom stereocenters. The molecule has 4 aliphatic heterocycles. The number of carbonyl (C=O) groups excluding carboxylic acids is 4. The summed E-state index contributed by atoms with van der Waals surface area (Å²) >= 11 is 1.56. The van der Waals surface area contributed by atoms with Crippen molar-refractivity contribution < 1.29 is 56.7 Å². The number of hydrogen-bond donors (Lipinski definition) is 3. The number of methoxy groups -OCH3 is 1. The number of pyridine rings is 1. The van der Waals surface area contributed by atoms with Gasteiger partial charge >= 0.3 is 12.1 Å². The lowest BCUT2D eigenvalue weighted by Gasteiger charge is -2.42. The number of aliphatic hydroxyl groups is 1. The van der Waals surface area contributed by atoms with E-state index in [1.54, 1.807) is 29.5 Å². The van der Waals surface area contributed by atoms with Crippen LogP contribution in [0.1, 0.15) is 116 Å². The quantitative estimate of drug-likeness (QED) is 0.0347. The van der Waals surface area contributed by atoms with Gasteiger partial charge in [-0.05, 0) is 113 Å². The predicted octanol–water partition coefficient (Wildman–Crippen LogP) is 9.12. The number of hydrogen-bond acceptors (Lipinski definition) is 17. The highest BCUT2D eigenvalue weighted by atomic mass is 32.1. The summed E-state index contributed by atoms with van der Waals surface area (Å²) in [5.41, 5.74) is 3.16. The second-order valence-corrected chi connectivity index (χ2v) is 26.5. The maximum Gasteiger partial charge on any atom is 0.410 e. The van der Waals surface area contributed by atoms with Crippen LogP contribution in [0.5, 0.6) is 11.8 Å². The Kier molecular flexibility index (Phi) is 19.7. The van der Waals surface area contributed by atoms with Crippen LogP contribution in [0.25, 0.3) is 43.4 Å². The largest absolute Gasteiger partial charge is 0.468 e. The number of aromatic nitrogens is 4. The van der Waals surface area contributed by atoms with Crippen molar-refractivity contribution in [1.82, 2.24) is 45.3 Å². The third kappa shape index (κ3) is 14.5. The molecule has 2 unspecified atom stereocenters. The first-order valence-corrected chi connectivity index (χ1v) is 31.4. The molecule has 2 bridgehead atoms. The van der Waals surface area contributed by atoms with Gasteiger partial charge in [0, 0.05) is 75.9 Å². The maximum absolute atomic E-state index is 17.7. The van der Waals surface area contributed by atoms with Crippen molar-refractivity contribution >= 4 is 62.6 Å². The lowest BCUT2D eigenvalue weighted by atomic mass is 9.85. The van der Waals surface area contributed by atoms with Gasteiger partial charge in [0.15, 0.2) is 12.6 Å². The van der Waals surface area contributed by atoms with Crippen molar-refractivity contribution in [3.8, 4) is 45.8 Å². The van der Waals surface area contributed by atoms with Crippen molar-refractivity contribution in [3.05, 3.63) is 88.7 Å². The average Bonchev–Trinajstić information content (AvgIpc) is 1.75. The van der Waals surface area contributed by atoms with Crippen LogP contribution < -0.4 is 25.0 Å². The third-order valence-corrected chi connectivity index (χ3v) is 18.0. The van der Waals surface area contributed by atoms with Gasteiger partial charge in [0.1, 0.15) is 52.9 Å². The Hall–Kier alpha value is -7.62. The molecule has 4 aliphatic rings. The highest BCUT2D eigenvalue weighted by molar-refractivity contribution is 7.13. The fourth-order valence-electron chi connectivity index (χ4n) is 12.6. The van der Waals surface area contributed by atoms with Gasteiger partial charge in [0.2, 0.25) is 17.7 Å². The SMILES string of the molecule is C#Cc1c(F)ccc2cc(OCOC)cc(-c3ncc4c(N5CC6CCC(C5)N6C(=O)OC(C)(C)C)nc(OC[C@@H]5CCCN5CCCOCCC(=O)N[C@H](C(=O)N5C[C@H](O)C[C@H]5C(=O)N[C@@H](C)c5ccc(-c6scnc6C)cc5)C(C)(C)C)nc4c3F)c12. The summed E-state index contributed by atoms with van der Waals surface area (Å²) in [5.74, 6) is 0.468. The molecule has 3 aromatic carbocycles. The second kappa shape index (κ2) is 27.2. The molecule has 4 saturated heterocycles. The van der Waals surface area contributed by atoms with Crippen LogP contribution in [0.3, 0.4) is 0 Å². The van der Waals surface area contributed by atoms with Gasteiger partial charge in [0.25, 0.3) is 0 Å². The molecular formula is C66H80F2N10O10S. The minimum atomic E-state index is -0.984. The number of thiazole rings is 1. The molecule has 4 fully saturated rings. The number of nitrogens with one attached hydrogen (secondary N) is 2. The number of likely N-dealkylation sites (tertiary alicyclic amines) is 2. The van der Waals surface area contributed by atoms with E-state index in [1.807, 2.05) is 95.0 Å². The van der Waals surface area contributed by atoms with Crippen molar-refractivity contribution in [2.24, 2.45) is 5.41 Å². The van der Waals surface area contributed by atoms with Crippen LogP contribution >= 0.6 is 11.3 Å². The molecule has 3 aromatic heterocycles. The van der Waals surface area contributed by atoms with Crippen molar-refractivity contribution in [1.29, 1.82) is 0 Å². The van der Waals surface area contributed by atoms with E-state index in [1.165, 1.54) is 24.3 Å². The van der Waals surface area contributed by atoms with E-state index < -0.39 is 46.7 Å². The number of ether oxygens (including phenoxy) is 5. The molecule has 23 heteroatoms. The molecule has 0 radical (unpaired) electrons. The molecule has 0 aliphatic carbocycles. The van der Waals surface area contributed by atoms with Crippen molar-refractivity contribution in [2.75, 3.05) is 71.3 Å².